The lowest BCUT2D eigenvalue weighted by molar-refractivity contribution is 0.870. The summed E-state index contributed by atoms with van der Waals surface area (Å²) < 4.78 is 0. The first kappa shape index (κ1) is 8.93. The van der Waals surface area contributed by atoms with Crippen LogP contribution in [-0.4, -0.2) is 22.3 Å². The Morgan fingerprint density at radius 1 is 1.36 bits per heavy atom. The quantitative estimate of drug-likeness (QED) is 0.705. The number of nitrogens with zero attached hydrogens (tertiary/aromatic N) is 4. The Bertz CT molecular complexity index is 365. The summed E-state index contributed by atoms with van der Waals surface area (Å²) in [6.45, 7) is 4.63. The van der Waals surface area contributed by atoms with Crippen molar-refractivity contribution in [3.8, 4) is 0 Å². The smallest absolute Gasteiger partial charge is 0.152 e. The molecule has 0 atom stereocenters. The summed E-state index contributed by atoms with van der Waals surface area (Å²) in [4.78, 5) is 8.51. The first-order chi connectivity index (χ1) is 6.65. The van der Waals surface area contributed by atoms with Crippen LogP contribution in [0, 0.1) is 13.8 Å². The van der Waals surface area contributed by atoms with Gasteiger partial charge in [0.05, 0.1) is 6.54 Å². The van der Waals surface area contributed by atoms with Gasteiger partial charge in [0.1, 0.15) is 11.7 Å². The van der Waals surface area contributed by atoms with Crippen molar-refractivity contribution in [3.63, 3.8) is 0 Å². The third-order valence-electron chi connectivity index (χ3n) is 2.05. The van der Waals surface area contributed by atoms with E-state index < -0.39 is 0 Å². The van der Waals surface area contributed by atoms with Gasteiger partial charge in [0.2, 0.25) is 0 Å². The molecular formula is C9H13N5. The van der Waals surface area contributed by atoms with Crippen LogP contribution in [0.25, 0.3) is 0 Å². The summed E-state index contributed by atoms with van der Waals surface area (Å²) in [6, 6.07) is 1.91. The lowest BCUT2D eigenvalue weighted by atomic mass is 10.4. The highest BCUT2D eigenvalue weighted by atomic mass is 15.5. The third kappa shape index (κ3) is 1.66. The first-order valence-electron chi connectivity index (χ1n) is 4.58. The van der Waals surface area contributed by atoms with E-state index in [-0.39, 0.29) is 0 Å². The molecule has 0 saturated carbocycles. The molecule has 2 heterocycles. The summed E-state index contributed by atoms with van der Waals surface area (Å²) in [5, 5.41) is 5.99. The summed E-state index contributed by atoms with van der Waals surface area (Å²) >= 11 is 0. The minimum atomic E-state index is 0.666. The minimum absolute atomic E-state index is 0.666. The molecule has 0 aliphatic carbocycles. The number of rotatable bonds is 1. The molecule has 1 aliphatic heterocycles. The zero-order valence-corrected chi connectivity index (χ0v) is 8.36. The maximum Gasteiger partial charge on any atom is 0.152 e. The molecule has 14 heavy (non-hydrogen) atoms. The van der Waals surface area contributed by atoms with Crippen LogP contribution in [0.1, 0.15) is 17.9 Å². The molecule has 0 fully saturated rings. The topological polar surface area (TPSA) is 67.4 Å². The fourth-order valence-electron chi connectivity index (χ4n) is 1.47. The second-order valence-corrected chi connectivity index (χ2v) is 3.38. The standard InChI is InChI=1S/C9H13N5/c1-6-5-9(12-7(2)11-6)14-4-3-8(10)13-14/h5H,3-4H2,1-2H3,(H2,10,13). The molecule has 0 amide bonds. The molecule has 2 N–H and O–H groups in total. The van der Waals surface area contributed by atoms with Crippen LogP contribution in [0.4, 0.5) is 5.82 Å². The number of aromatic nitrogens is 2. The molecule has 0 spiro atoms. The molecule has 0 saturated heterocycles. The number of amidine groups is 1. The number of hydrazone groups is 1. The Balaban J connectivity index is 2.32. The fourth-order valence-corrected chi connectivity index (χ4v) is 1.47. The van der Waals surface area contributed by atoms with E-state index in [9.17, 15) is 0 Å². The van der Waals surface area contributed by atoms with Crippen LogP contribution in [-0.2, 0) is 0 Å². The van der Waals surface area contributed by atoms with E-state index in [0.29, 0.717) is 5.84 Å². The van der Waals surface area contributed by atoms with E-state index in [2.05, 4.69) is 15.1 Å². The van der Waals surface area contributed by atoms with Crippen molar-refractivity contribution in [2.24, 2.45) is 10.8 Å². The lowest BCUT2D eigenvalue weighted by Gasteiger charge is -2.12. The van der Waals surface area contributed by atoms with Crippen LogP contribution in [0.3, 0.4) is 0 Å². The highest BCUT2D eigenvalue weighted by molar-refractivity contribution is 5.83. The van der Waals surface area contributed by atoms with Crippen molar-refractivity contribution in [3.05, 3.63) is 17.6 Å². The zero-order valence-electron chi connectivity index (χ0n) is 8.36. The summed E-state index contributed by atoms with van der Waals surface area (Å²) in [6.07, 6.45) is 0.808. The maximum absolute atomic E-state index is 5.60. The predicted molar refractivity (Wildman–Crippen MR) is 55.1 cm³/mol. The van der Waals surface area contributed by atoms with Crippen molar-refractivity contribution in [1.29, 1.82) is 0 Å². The second-order valence-electron chi connectivity index (χ2n) is 3.38. The Hall–Kier alpha value is -1.65. The van der Waals surface area contributed by atoms with Gasteiger partial charge in [0, 0.05) is 18.2 Å². The molecule has 1 aliphatic rings. The van der Waals surface area contributed by atoms with E-state index in [1.807, 2.05) is 24.9 Å². The molecule has 0 unspecified atom stereocenters. The van der Waals surface area contributed by atoms with E-state index in [1.54, 1.807) is 0 Å². The average Bonchev–Trinajstić information content (AvgIpc) is 2.50. The van der Waals surface area contributed by atoms with Crippen LogP contribution in [0.2, 0.25) is 0 Å². The number of nitrogens with two attached hydrogens (primary N) is 1. The van der Waals surface area contributed by atoms with Crippen LogP contribution in [0.5, 0.6) is 0 Å². The monoisotopic (exact) mass is 191 g/mol. The number of hydrogen-bond donors (Lipinski definition) is 1. The molecular weight excluding hydrogens is 178 g/mol. The van der Waals surface area contributed by atoms with Crippen molar-refractivity contribution in [1.82, 2.24) is 9.97 Å². The molecule has 0 aromatic carbocycles. The van der Waals surface area contributed by atoms with Gasteiger partial charge in [-0.25, -0.2) is 15.0 Å². The molecule has 2 rings (SSSR count). The third-order valence-corrected chi connectivity index (χ3v) is 2.05. The molecule has 5 heteroatoms. The molecule has 1 aromatic rings. The van der Waals surface area contributed by atoms with Gasteiger partial charge < -0.3 is 5.73 Å². The van der Waals surface area contributed by atoms with Gasteiger partial charge in [-0.3, -0.25) is 0 Å². The minimum Gasteiger partial charge on any atom is -0.386 e. The summed E-state index contributed by atoms with van der Waals surface area (Å²) in [5.41, 5.74) is 6.56. The van der Waals surface area contributed by atoms with E-state index >= 15 is 0 Å². The van der Waals surface area contributed by atoms with E-state index in [1.165, 1.54) is 0 Å². The van der Waals surface area contributed by atoms with Crippen molar-refractivity contribution in [2.45, 2.75) is 20.3 Å². The molecule has 74 valence electrons. The molecule has 0 radical (unpaired) electrons. The summed E-state index contributed by atoms with van der Waals surface area (Å²) in [5.74, 6) is 2.26. The van der Waals surface area contributed by atoms with Crippen molar-refractivity contribution >= 4 is 11.7 Å². The Morgan fingerprint density at radius 3 is 2.71 bits per heavy atom. The highest BCUT2D eigenvalue weighted by Gasteiger charge is 2.15. The van der Waals surface area contributed by atoms with Gasteiger partial charge in [-0.2, -0.15) is 5.10 Å². The average molecular weight is 191 g/mol. The Morgan fingerprint density at radius 2 is 2.14 bits per heavy atom. The van der Waals surface area contributed by atoms with Crippen molar-refractivity contribution < 1.29 is 0 Å². The van der Waals surface area contributed by atoms with Gasteiger partial charge >= 0.3 is 0 Å². The predicted octanol–water partition coefficient (Wildman–Crippen LogP) is 0.576. The van der Waals surface area contributed by atoms with E-state index in [4.69, 9.17) is 5.73 Å². The van der Waals surface area contributed by atoms with Gasteiger partial charge in [-0.1, -0.05) is 0 Å². The van der Waals surface area contributed by atoms with Crippen LogP contribution < -0.4 is 10.7 Å². The van der Waals surface area contributed by atoms with Crippen LogP contribution >= 0.6 is 0 Å². The molecule has 5 nitrogen and oxygen atoms in total. The second kappa shape index (κ2) is 3.25. The molecule has 0 bridgehead atoms. The Kier molecular flexibility index (Phi) is 2.07. The normalized spacial score (nSPS) is 15.9. The zero-order chi connectivity index (χ0) is 10.1. The fraction of sp³-hybridized carbons (Fsp3) is 0.444. The Labute approximate surface area is 82.7 Å². The van der Waals surface area contributed by atoms with Gasteiger partial charge in [-0.15, -0.1) is 0 Å². The van der Waals surface area contributed by atoms with Crippen LogP contribution in [0.15, 0.2) is 11.2 Å². The highest BCUT2D eigenvalue weighted by Crippen LogP contribution is 2.16. The summed E-state index contributed by atoms with van der Waals surface area (Å²) in [7, 11) is 0. The number of anilines is 1. The molecule has 1 aromatic heterocycles. The van der Waals surface area contributed by atoms with Crippen molar-refractivity contribution in [2.75, 3.05) is 11.6 Å². The SMILES string of the molecule is Cc1cc(N2CCC(N)=N2)nc(C)n1. The maximum atomic E-state index is 5.60. The number of hydrogen-bond acceptors (Lipinski definition) is 5. The first-order valence-corrected chi connectivity index (χ1v) is 4.58. The van der Waals surface area contributed by atoms with Gasteiger partial charge in [0.15, 0.2) is 5.82 Å². The van der Waals surface area contributed by atoms with Gasteiger partial charge in [0.25, 0.3) is 0 Å². The lowest BCUT2D eigenvalue weighted by Crippen LogP contribution is -2.14. The largest absolute Gasteiger partial charge is 0.386 e. The van der Waals surface area contributed by atoms with E-state index in [0.717, 1.165) is 30.3 Å². The van der Waals surface area contributed by atoms with Gasteiger partial charge in [-0.05, 0) is 13.8 Å². The number of aryl methyl sites for hydroxylation is 2.